The van der Waals surface area contributed by atoms with Crippen molar-refractivity contribution in [3.63, 3.8) is 0 Å². The monoisotopic (exact) mass is 398 g/mol. The van der Waals surface area contributed by atoms with Crippen molar-refractivity contribution >= 4 is 5.97 Å². The van der Waals surface area contributed by atoms with Gasteiger partial charge in [0.25, 0.3) is 0 Å². The van der Waals surface area contributed by atoms with Gasteiger partial charge in [-0.25, -0.2) is 0 Å². The van der Waals surface area contributed by atoms with Gasteiger partial charge in [0.15, 0.2) is 0 Å². The third kappa shape index (κ3) is 12.1. The number of allylic oxidation sites excluding steroid dienone is 3. The predicted molar refractivity (Wildman–Crippen MR) is 111 cm³/mol. The number of hydrogen-bond acceptors (Lipinski definition) is 6. The fourth-order valence-electron chi connectivity index (χ4n) is 2.81. The highest BCUT2D eigenvalue weighted by Crippen LogP contribution is 2.21. The SMILES string of the molecule is CC(=O)O[C@H](CC(C)=CCCC(C)=CCCC(=CCO)CO)[C@H](O)C(C)(C)O. The van der Waals surface area contributed by atoms with Crippen LogP contribution in [0.4, 0.5) is 0 Å². The standard InChI is InChI=1S/C22H38O6/c1-16(9-7-11-19(15-24)12-13-23)8-6-10-17(2)14-20(28-18(3)25)21(26)22(4,5)27/h9-10,12,20-21,23-24,26-27H,6-8,11,13-15H2,1-5H3/t20-,21+/m1/s1. The van der Waals surface area contributed by atoms with Gasteiger partial charge < -0.3 is 25.2 Å². The molecule has 0 radical (unpaired) electrons. The molecule has 0 unspecified atom stereocenters. The molecule has 0 rings (SSSR count). The van der Waals surface area contributed by atoms with Crippen molar-refractivity contribution in [2.75, 3.05) is 13.2 Å². The molecular weight excluding hydrogens is 360 g/mol. The Morgan fingerprint density at radius 2 is 1.57 bits per heavy atom. The summed E-state index contributed by atoms with van der Waals surface area (Å²) < 4.78 is 5.20. The average Bonchev–Trinajstić information content (AvgIpc) is 2.58. The van der Waals surface area contributed by atoms with Gasteiger partial charge in [-0.1, -0.05) is 29.4 Å². The Bertz CT molecular complexity index is 554. The van der Waals surface area contributed by atoms with E-state index in [1.807, 2.05) is 6.92 Å². The summed E-state index contributed by atoms with van der Waals surface area (Å²) in [4.78, 5) is 11.3. The lowest BCUT2D eigenvalue weighted by molar-refractivity contribution is -0.163. The van der Waals surface area contributed by atoms with Gasteiger partial charge in [-0.15, -0.1) is 0 Å². The molecule has 0 heterocycles. The first kappa shape index (κ1) is 26.5. The Morgan fingerprint density at radius 3 is 2.07 bits per heavy atom. The molecule has 0 aromatic rings. The fourth-order valence-corrected chi connectivity index (χ4v) is 2.81. The average molecular weight is 399 g/mol. The molecule has 0 aliphatic rings. The van der Waals surface area contributed by atoms with Crippen molar-refractivity contribution < 1.29 is 30.0 Å². The Hall–Kier alpha value is -1.47. The Labute approximate surface area is 169 Å². The first-order valence-corrected chi connectivity index (χ1v) is 9.79. The number of aliphatic hydroxyl groups excluding tert-OH is 3. The molecule has 6 heteroatoms. The Morgan fingerprint density at radius 1 is 1.00 bits per heavy atom. The third-order valence-electron chi connectivity index (χ3n) is 4.49. The molecular formula is C22H38O6. The van der Waals surface area contributed by atoms with E-state index in [1.165, 1.54) is 26.3 Å². The molecule has 4 N–H and O–H groups in total. The predicted octanol–water partition coefficient (Wildman–Crippen LogP) is 2.80. The number of rotatable bonds is 13. The number of esters is 1. The molecule has 162 valence electrons. The maximum atomic E-state index is 11.3. The molecule has 0 saturated carbocycles. The first-order valence-electron chi connectivity index (χ1n) is 9.79. The molecule has 0 aliphatic heterocycles. The number of carbonyl (C=O) groups excluding carboxylic acids is 1. The fraction of sp³-hybridized carbons (Fsp3) is 0.682. The third-order valence-corrected chi connectivity index (χ3v) is 4.49. The summed E-state index contributed by atoms with van der Waals surface area (Å²) in [5, 5.41) is 38.3. The van der Waals surface area contributed by atoms with Crippen LogP contribution in [-0.2, 0) is 9.53 Å². The van der Waals surface area contributed by atoms with Gasteiger partial charge in [0, 0.05) is 13.3 Å². The summed E-state index contributed by atoms with van der Waals surface area (Å²) in [5.41, 5.74) is 1.69. The van der Waals surface area contributed by atoms with Gasteiger partial charge in [0.05, 0.1) is 18.8 Å². The maximum Gasteiger partial charge on any atom is 0.303 e. The van der Waals surface area contributed by atoms with Crippen LogP contribution in [0.1, 0.15) is 66.7 Å². The molecule has 0 saturated heterocycles. The highest BCUT2D eigenvalue weighted by atomic mass is 16.6. The summed E-state index contributed by atoms with van der Waals surface area (Å²) in [6.07, 6.45) is 7.45. The first-order chi connectivity index (χ1) is 13.0. The van der Waals surface area contributed by atoms with Crippen molar-refractivity contribution in [2.45, 2.75) is 84.5 Å². The molecule has 0 amide bonds. The van der Waals surface area contributed by atoms with Crippen LogP contribution in [0, 0.1) is 0 Å². The van der Waals surface area contributed by atoms with Crippen molar-refractivity contribution in [3.05, 3.63) is 34.9 Å². The van der Waals surface area contributed by atoms with E-state index in [-0.39, 0.29) is 13.2 Å². The van der Waals surface area contributed by atoms with E-state index in [1.54, 1.807) is 6.08 Å². The van der Waals surface area contributed by atoms with Crippen LogP contribution in [0.15, 0.2) is 34.9 Å². The molecule has 0 bridgehead atoms. The second-order valence-corrected chi connectivity index (χ2v) is 7.83. The van der Waals surface area contributed by atoms with E-state index in [9.17, 15) is 15.0 Å². The summed E-state index contributed by atoms with van der Waals surface area (Å²) in [5.74, 6) is -0.489. The largest absolute Gasteiger partial charge is 0.459 e. The highest BCUT2D eigenvalue weighted by molar-refractivity contribution is 5.66. The van der Waals surface area contributed by atoms with Crippen LogP contribution in [0.5, 0.6) is 0 Å². The number of carbonyl (C=O) groups is 1. The van der Waals surface area contributed by atoms with Gasteiger partial charge in [0.2, 0.25) is 0 Å². The van der Waals surface area contributed by atoms with Crippen LogP contribution in [-0.4, -0.2) is 57.4 Å². The molecule has 28 heavy (non-hydrogen) atoms. The second-order valence-electron chi connectivity index (χ2n) is 7.83. The van der Waals surface area contributed by atoms with E-state index >= 15 is 0 Å². The minimum atomic E-state index is -1.36. The van der Waals surface area contributed by atoms with Crippen LogP contribution in [0.2, 0.25) is 0 Å². The molecule has 0 aromatic carbocycles. The van der Waals surface area contributed by atoms with Crippen molar-refractivity contribution in [1.82, 2.24) is 0 Å². The molecule has 0 spiro atoms. The van der Waals surface area contributed by atoms with Gasteiger partial charge in [0.1, 0.15) is 12.2 Å². The number of aliphatic hydroxyl groups is 4. The molecule has 0 aliphatic carbocycles. The van der Waals surface area contributed by atoms with Crippen LogP contribution >= 0.6 is 0 Å². The van der Waals surface area contributed by atoms with Gasteiger partial charge in [-0.05, 0) is 59.0 Å². The zero-order chi connectivity index (χ0) is 21.7. The van der Waals surface area contributed by atoms with Crippen molar-refractivity contribution in [3.8, 4) is 0 Å². The zero-order valence-corrected chi connectivity index (χ0v) is 17.9. The molecule has 0 fully saturated rings. The zero-order valence-electron chi connectivity index (χ0n) is 17.9. The van der Waals surface area contributed by atoms with E-state index in [0.717, 1.165) is 36.8 Å². The van der Waals surface area contributed by atoms with Gasteiger partial charge in [-0.3, -0.25) is 4.79 Å². The smallest absolute Gasteiger partial charge is 0.303 e. The lowest BCUT2D eigenvalue weighted by Gasteiger charge is -2.31. The number of hydrogen-bond donors (Lipinski definition) is 4. The minimum absolute atomic E-state index is 0.0324. The summed E-state index contributed by atoms with van der Waals surface area (Å²) in [7, 11) is 0. The lowest BCUT2D eigenvalue weighted by Crippen LogP contribution is -2.46. The second kappa shape index (κ2) is 13.7. The molecule has 6 nitrogen and oxygen atoms in total. The van der Waals surface area contributed by atoms with Crippen molar-refractivity contribution in [1.29, 1.82) is 0 Å². The molecule has 2 atom stereocenters. The summed E-state index contributed by atoms with van der Waals surface area (Å²) >= 11 is 0. The maximum absolute atomic E-state index is 11.3. The quantitative estimate of drug-likeness (QED) is 0.281. The van der Waals surface area contributed by atoms with E-state index in [0.29, 0.717) is 6.42 Å². The molecule has 0 aromatic heterocycles. The van der Waals surface area contributed by atoms with Gasteiger partial charge >= 0.3 is 5.97 Å². The van der Waals surface area contributed by atoms with E-state index < -0.39 is 23.8 Å². The van der Waals surface area contributed by atoms with Crippen LogP contribution in [0.25, 0.3) is 0 Å². The van der Waals surface area contributed by atoms with E-state index in [4.69, 9.17) is 14.9 Å². The normalized spacial score (nSPS) is 16.1. The highest BCUT2D eigenvalue weighted by Gasteiger charge is 2.34. The minimum Gasteiger partial charge on any atom is -0.459 e. The van der Waals surface area contributed by atoms with E-state index in [2.05, 4.69) is 19.1 Å². The summed E-state index contributed by atoms with van der Waals surface area (Å²) in [6, 6.07) is 0. The topological polar surface area (TPSA) is 107 Å². The number of ether oxygens (including phenoxy) is 1. The Balaban J connectivity index is 4.63. The van der Waals surface area contributed by atoms with Crippen LogP contribution in [0.3, 0.4) is 0 Å². The van der Waals surface area contributed by atoms with Crippen molar-refractivity contribution in [2.24, 2.45) is 0 Å². The lowest BCUT2D eigenvalue weighted by atomic mass is 9.92. The van der Waals surface area contributed by atoms with Crippen LogP contribution < -0.4 is 0 Å². The van der Waals surface area contributed by atoms with Gasteiger partial charge in [-0.2, -0.15) is 0 Å². The Kier molecular flexibility index (Phi) is 12.9. The summed E-state index contributed by atoms with van der Waals surface area (Å²) in [6.45, 7) is 8.14.